The van der Waals surface area contributed by atoms with Crippen molar-refractivity contribution in [2.75, 3.05) is 48.9 Å². The van der Waals surface area contributed by atoms with E-state index in [0.29, 0.717) is 35.9 Å². The molecule has 1 atom stereocenters. The zero-order chi connectivity index (χ0) is 28.1. The molecule has 210 valence electrons. The van der Waals surface area contributed by atoms with Crippen molar-refractivity contribution in [2.24, 2.45) is 0 Å². The largest absolute Gasteiger partial charge is 0.467 e. The number of benzene rings is 2. The van der Waals surface area contributed by atoms with E-state index in [0.717, 1.165) is 22.8 Å². The first-order valence-electron chi connectivity index (χ1n) is 13.5. The van der Waals surface area contributed by atoms with Crippen molar-refractivity contribution in [1.29, 1.82) is 0 Å². The molecule has 3 aromatic rings. The molecule has 1 aromatic heterocycles. The normalized spacial score (nSPS) is 18.2. The van der Waals surface area contributed by atoms with Gasteiger partial charge < -0.3 is 29.8 Å². The molecule has 0 spiro atoms. The van der Waals surface area contributed by atoms with Gasteiger partial charge in [-0.15, -0.1) is 0 Å². The van der Waals surface area contributed by atoms with Gasteiger partial charge in [-0.1, -0.05) is 30.3 Å². The number of rotatable bonds is 9. The van der Waals surface area contributed by atoms with Gasteiger partial charge in [0.2, 0.25) is 11.8 Å². The highest BCUT2D eigenvalue weighted by Gasteiger charge is 2.48. The lowest BCUT2D eigenvalue weighted by Crippen LogP contribution is -2.61. The van der Waals surface area contributed by atoms with Crippen LogP contribution in [-0.2, 0) is 16.1 Å². The maximum atomic E-state index is 14.2. The second kappa shape index (κ2) is 12.3. The number of thiocarbonyl (C=S) groups is 1. The summed E-state index contributed by atoms with van der Waals surface area (Å²) in [5.41, 5.74) is 1.85. The SMILES string of the molecule is CN(C)c1ccc(NC(=O)C2(N(Cc3ccco3)C(=O)CN3C[C@@H](c4ccccc4)NC3=S)CCSCC2)cc1. The Kier molecular flexibility index (Phi) is 8.66. The number of nitrogens with zero attached hydrogens (tertiary/aromatic N) is 3. The second-order valence-corrected chi connectivity index (χ2v) is 12.0. The lowest BCUT2D eigenvalue weighted by molar-refractivity contribution is -0.147. The summed E-state index contributed by atoms with van der Waals surface area (Å²) < 4.78 is 5.66. The fourth-order valence-electron chi connectivity index (χ4n) is 5.30. The summed E-state index contributed by atoms with van der Waals surface area (Å²) in [4.78, 5) is 33.9. The third-order valence-corrected chi connectivity index (χ3v) is 8.97. The predicted molar refractivity (Wildman–Crippen MR) is 164 cm³/mol. The molecule has 40 heavy (non-hydrogen) atoms. The van der Waals surface area contributed by atoms with Crippen molar-refractivity contribution in [3.63, 3.8) is 0 Å². The van der Waals surface area contributed by atoms with Crippen LogP contribution in [0.1, 0.15) is 30.2 Å². The predicted octanol–water partition coefficient (Wildman–Crippen LogP) is 4.51. The van der Waals surface area contributed by atoms with Crippen LogP contribution >= 0.6 is 24.0 Å². The van der Waals surface area contributed by atoms with E-state index in [2.05, 4.69) is 22.8 Å². The molecular formula is C30H35N5O3S2. The molecule has 2 N–H and O–H groups in total. The molecule has 2 amide bonds. The molecule has 5 rings (SSSR count). The van der Waals surface area contributed by atoms with Crippen LogP contribution in [0.15, 0.2) is 77.4 Å². The Bertz CT molecular complexity index is 1310. The first kappa shape index (κ1) is 28.0. The van der Waals surface area contributed by atoms with E-state index in [4.69, 9.17) is 16.6 Å². The Morgan fingerprint density at radius 2 is 1.80 bits per heavy atom. The Morgan fingerprint density at radius 1 is 1.07 bits per heavy atom. The molecule has 0 bridgehead atoms. The third kappa shape index (κ3) is 6.13. The molecule has 2 fully saturated rings. The summed E-state index contributed by atoms with van der Waals surface area (Å²) in [6.07, 6.45) is 2.71. The average molecular weight is 578 g/mol. The van der Waals surface area contributed by atoms with Gasteiger partial charge in [0.1, 0.15) is 11.3 Å². The van der Waals surface area contributed by atoms with Gasteiger partial charge in [-0.2, -0.15) is 11.8 Å². The van der Waals surface area contributed by atoms with Crippen LogP contribution in [0.25, 0.3) is 0 Å². The fourth-order valence-corrected chi connectivity index (χ4v) is 6.75. The van der Waals surface area contributed by atoms with Gasteiger partial charge in [0.15, 0.2) is 5.11 Å². The smallest absolute Gasteiger partial charge is 0.250 e. The number of thioether (sulfide) groups is 1. The minimum absolute atomic E-state index is 0.00787. The molecule has 0 aliphatic carbocycles. The number of carbonyl (C=O) groups is 2. The van der Waals surface area contributed by atoms with E-state index in [1.807, 2.05) is 72.4 Å². The average Bonchev–Trinajstić information content (AvgIpc) is 3.62. The van der Waals surface area contributed by atoms with Crippen LogP contribution < -0.4 is 15.5 Å². The highest BCUT2D eigenvalue weighted by atomic mass is 32.2. The minimum Gasteiger partial charge on any atom is -0.467 e. The lowest BCUT2D eigenvalue weighted by Gasteiger charge is -2.45. The Hall–Kier alpha value is -3.50. The van der Waals surface area contributed by atoms with Crippen molar-refractivity contribution < 1.29 is 14.0 Å². The molecule has 2 aliphatic rings. The van der Waals surface area contributed by atoms with Crippen LogP contribution in [0.4, 0.5) is 11.4 Å². The molecule has 2 aromatic carbocycles. The number of hydrogen-bond acceptors (Lipinski definition) is 6. The zero-order valence-electron chi connectivity index (χ0n) is 22.8. The van der Waals surface area contributed by atoms with Gasteiger partial charge in [-0.05, 0) is 78.5 Å². The molecule has 2 saturated heterocycles. The highest BCUT2D eigenvalue weighted by molar-refractivity contribution is 7.99. The Balaban J connectivity index is 1.40. The Morgan fingerprint density at radius 3 is 2.45 bits per heavy atom. The summed E-state index contributed by atoms with van der Waals surface area (Å²) in [7, 11) is 3.95. The molecule has 0 radical (unpaired) electrons. The van der Waals surface area contributed by atoms with Gasteiger partial charge in [0, 0.05) is 32.0 Å². The highest BCUT2D eigenvalue weighted by Crippen LogP contribution is 2.36. The van der Waals surface area contributed by atoms with Crippen LogP contribution in [-0.4, -0.2) is 71.0 Å². The monoisotopic (exact) mass is 577 g/mol. The van der Waals surface area contributed by atoms with Gasteiger partial charge >= 0.3 is 0 Å². The van der Waals surface area contributed by atoms with Gasteiger partial charge in [-0.25, -0.2) is 0 Å². The number of hydrogen-bond donors (Lipinski definition) is 2. The van der Waals surface area contributed by atoms with E-state index >= 15 is 0 Å². The molecule has 8 nitrogen and oxygen atoms in total. The van der Waals surface area contributed by atoms with Gasteiger partial charge in [0.05, 0.1) is 25.4 Å². The standard InChI is InChI=1S/C30H35N5O3S2/c1-33(2)24-12-10-23(11-13-24)31-28(37)30(14-17-40-18-15-30)35(19-25-9-6-16-38-25)27(36)21-34-20-26(32-29(34)39)22-7-4-3-5-8-22/h3-13,16,26H,14-15,17-21H2,1-2H3,(H,31,37)(H,32,39)/t26-/m0/s1. The molecule has 0 unspecified atom stereocenters. The molecule has 3 heterocycles. The van der Waals surface area contributed by atoms with Crippen LogP contribution in [0.5, 0.6) is 0 Å². The topological polar surface area (TPSA) is 81.1 Å². The summed E-state index contributed by atoms with van der Waals surface area (Å²) in [5.74, 6) is 1.89. The van der Waals surface area contributed by atoms with Crippen molar-refractivity contribution in [3.8, 4) is 0 Å². The van der Waals surface area contributed by atoms with Gasteiger partial charge in [-0.3, -0.25) is 9.59 Å². The maximum absolute atomic E-state index is 14.2. The van der Waals surface area contributed by atoms with Gasteiger partial charge in [0.25, 0.3) is 0 Å². The first-order valence-corrected chi connectivity index (χ1v) is 15.0. The maximum Gasteiger partial charge on any atom is 0.250 e. The molecule has 10 heteroatoms. The number of furan rings is 1. The van der Waals surface area contributed by atoms with E-state index < -0.39 is 5.54 Å². The molecule has 0 saturated carbocycles. The van der Waals surface area contributed by atoms with E-state index in [1.54, 1.807) is 29.0 Å². The first-order chi connectivity index (χ1) is 19.4. The minimum atomic E-state index is -1.01. The van der Waals surface area contributed by atoms with Crippen molar-refractivity contribution in [2.45, 2.75) is 31.0 Å². The lowest BCUT2D eigenvalue weighted by atomic mass is 9.88. The number of amides is 2. The Labute approximate surface area is 245 Å². The fraction of sp³-hybridized carbons (Fsp3) is 0.367. The summed E-state index contributed by atoms with van der Waals surface area (Å²) in [6, 6.07) is 21.5. The number of nitrogens with one attached hydrogen (secondary N) is 2. The van der Waals surface area contributed by atoms with Crippen LogP contribution in [0, 0.1) is 0 Å². The van der Waals surface area contributed by atoms with Crippen LogP contribution in [0.2, 0.25) is 0 Å². The molecule has 2 aliphatic heterocycles. The van der Waals surface area contributed by atoms with Crippen LogP contribution in [0.3, 0.4) is 0 Å². The number of anilines is 2. The number of carbonyl (C=O) groups excluding carboxylic acids is 2. The van der Waals surface area contributed by atoms with E-state index in [-0.39, 0.29) is 30.9 Å². The van der Waals surface area contributed by atoms with E-state index in [9.17, 15) is 9.59 Å². The van der Waals surface area contributed by atoms with E-state index in [1.165, 1.54) is 0 Å². The summed E-state index contributed by atoms with van der Waals surface area (Å²) in [6.45, 7) is 0.867. The van der Waals surface area contributed by atoms with Crippen molar-refractivity contribution >= 4 is 52.3 Å². The quantitative estimate of drug-likeness (QED) is 0.360. The third-order valence-electron chi connectivity index (χ3n) is 7.61. The van der Waals surface area contributed by atoms with Crippen molar-refractivity contribution in [3.05, 3.63) is 84.3 Å². The van der Waals surface area contributed by atoms with Crippen molar-refractivity contribution in [1.82, 2.24) is 15.1 Å². The molecular weight excluding hydrogens is 542 g/mol. The summed E-state index contributed by atoms with van der Waals surface area (Å²) >= 11 is 7.44. The zero-order valence-corrected chi connectivity index (χ0v) is 24.5. The summed E-state index contributed by atoms with van der Waals surface area (Å²) in [5, 5.41) is 7.01. The second-order valence-electron chi connectivity index (χ2n) is 10.4.